The van der Waals surface area contributed by atoms with Crippen LogP contribution in [-0.4, -0.2) is 9.97 Å². The minimum atomic E-state index is 0.0583. The Morgan fingerprint density at radius 3 is 2.65 bits per heavy atom. The quantitative estimate of drug-likeness (QED) is 0.279. The van der Waals surface area contributed by atoms with Crippen molar-refractivity contribution in [2.45, 2.75) is 39.0 Å². The van der Waals surface area contributed by atoms with Crippen LogP contribution in [0.1, 0.15) is 37.5 Å². The molecular formula is C28H24N2S. The first-order chi connectivity index (χ1) is 15.0. The van der Waals surface area contributed by atoms with E-state index in [1.165, 1.54) is 53.6 Å². The van der Waals surface area contributed by atoms with E-state index >= 15 is 0 Å². The fourth-order valence-corrected chi connectivity index (χ4v) is 6.32. The Kier molecular flexibility index (Phi) is 4.06. The number of rotatable bonds is 1. The first-order valence-electron chi connectivity index (χ1n) is 10.9. The molecule has 0 aliphatic heterocycles. The summed E-state index contributed by atoms with van der Waals surface area (Å²) in [5, 5.41) is 3.96. The van der Waals surface area contributed by atoms with E-state index in [0.717, 1.165) is 18.5 Å². The highest BCUT2D eigenvalue weighted by atomic mass is 32.1. The topological polar surface area (TPSA) is 25.8 Å². The van der Waals surface area contributed by atoms with Crippen LogP contribution in [0.25, 0.3) is 42.6 Å². The Bertz CT molecular complexity index is 1470. The molecule has 5 aromatic rings. The van der Waals surface area contributed by atoms with E-state index in [1.54, 1.807) is 0 Å². The maximum Gasteiger partial charge on any atom is 0.0880 e. The van der Waals surface area contributed by atoms with Crippen molar-refractivity contribution >= 4 is 32.2 Å². The first-order valence-corrected chi connectivity index (χ1v) is 11.7. The van der Waals surface area contributed by atoms with Crippen molar-refractivity contribution in [3.05, 3.63) is 83.8 Å². The second-order valence-electron chi connectivity index (χ2n) is 9.47. The van der Waals surface area contributed by atoms with Crippen LogP contribution in [0.2, 0.25) is 0 Å². The van der Waals surface area contributed by atoms with E-state index in [2.05, 4.69) is 74.3 Å². The van der Waals surface area contributed by atoms with E-state index in [1.807, 2.05) is 29.9 Å². The summed E-state index contributed by atoms with van der Waals surface area (Å²) in [5.74, 6) is 0. The van der Waals surface area contributed by atoms with E-state index < -0.39 is 0 Å². The van der Waals surface area contributed by atoms with Crippen LogP contribution in [0.5, 0.6) is 0 Å². The minimum Gasteiger partial charge on any atom is -0.264 e. The lowest BCUT2D eigenvalue weighted by molar-refractivity contribution is 0.596. The molecule has 0 fully saturated rings. The molecule has 0 amide bonds. The van der Waals surface area contributed by atoms with Gasteiger partial charge in [0.15, 0.2) is 0 Å². The second kappa shape index (κ2) is 6.73. The summed E-state index contributed by atoms with van der Waals surface area (Å²) in [7, 11) is 0. The van der Waals surface area contributed by atoms with Crippen molar-refractivity contribution in [3.63, 3.8) is 0 Å². The lowest BCUT2D eigenvalue weighted by Crippen LogP contribution is -2.12. The number of benzene rings is 2. The van der Waals surface area contributed by atoms with Crippen LogP contribution < -0.4 is 0 Å². The van der Waals surface area contributed by atoms with Crippen LogP contribution in [0.15, 0.2) is 67.1 Å². The van der Waals surface area contributed by atoms with Crippen LogP contribution in [0.3, 0.4) is 0 Å². The molecule has 6 rings (SSSR count). The highest BCUT2D eigenvalue weighted by Gasteiger charge is 2.24. The summed E-state index contributed by atoms with van der Waals surface area (Å²) in [5.41, 5.74) is 7.89. The fraction of sp³-hybridized carbons (Fsp3) is 0.214. The summed E-state index contributed by atoms with van der Waals surface area (Å²) < 4.78 is 1.29. The average molecular weight is 421 g/mol. The number of nitrogens with zero attached hydrogens (tertiary/aromatic N) is 2. The molecule has 31 heavy (non-hydrogen) atoms. The summed E-state index contributed by atoms with van der Waals surface area (Å²) in [6, 6.07) is 17.7. The molecular weight excluding hydrogens is 396 g/mol. The number of aromatic nitrogens is 2. The number of fused-ring (bicyclic) bond motifs is 6. The largest absolute Gasteiger partial charge is 0.264 e. The van der Waals surface area contributed by atoms with E-state index in [4.69, 9.17) is 4.98 Å². The third kappa shape index (κ3) is 2.91. The van der Waals surface area contributed by atoms with Gasteiger partial charge in [-0.25, -0.2) is 0 Å². The highest BCUT2D eigenvalue weighted by Crippen LogP contribution is 2.46. The number of hydrogen-bond acceptors (Lipinski definition) is 3. The van der Waals surface area contributed by atoms with Crippen molar-refractivity contribution in [2.75, 3.05) is 0 Å². The maximum atomic E-state index is 4.90. The molecule has 152 valence electrons. The second-order valence-corrected chi connectivity index (χ2v) is 10.5. The molecule has 0 saturated carbocycles. The monoisotopic (exact) mass is 420 g/mol. The summed E-state index contributed by atoms with van der Waals surface area (Å²) >= 11 is 1.88. The molecule has 0 N–H and O–H groups in total. The summed E-state index contributed by atoms with van der Waals surface area (Å²) in [6.45, 7) is 6.88. The molecule has 2 aromatic carbocycles. The van der Waals surface area contributed by atoms with Gasteiger partial charge >= 0.3 is 0 Å². The van der Waals surface area contributed by atoms with Crippen LogP contribution in [0.4, 0.5) is 0 Å². The van der Waals surface area contributed by atoms with Gasteiger partial charge in [-0.05, 0) is 70.0 Å². The van der Waals surface area contributed by atoms with Crippen LogP contribution in [0, 0.1) is 0 Å². The SMILES string of the molecule is CC(C)(C)c1cc(-c2nccc3c4c(sc23)-c2cnccc2CC4)cc2ccccc12. The van der Waals surface area contributed by atoms with Crippen LogP contribution >= 0.6 is 11.3 Å². The van der Waals surface area contributed by atoms with Gasteiger partial charge in [-0.3, -0.25) is 9.97 Å². The van der Waals surface area contributed by atoms with Gasteiger partial charge in [0.25, 0.3) is 0 Å². The lowest BCUT2D eigenvalue weighted by Gasteiger charge is -2.22. The van der Waals surface area contributed by atoms with Gasteiger partial charge in [-0.1, -0.05) is 45.0 Å². The van der Waals surface area contributed by atoms with Gasteiger partial charge in [0.1, 0.15) is 0 Å². The smallest absolute Gasteiger partial charge is 0.0880 e. The standard InChI is InChI=1S/C28H24N2S/c1-28(2,3)24-15-19(14-18-6-4-5-7-20(18)24)25-27-22(11-13-30-25)21-9-8-17-10-12-29-16-23(17)26(21)31-27/h4-7,10-16H,8-9H2,1-3H3. The van der Waals surface area contributed by atoms with E-state index in [9.17, 15) is 0 Å². The fourth-order valence-electron chi connectivity index (χ4n) is 4.92. The highest BCUT2D eigenvalue weighted by molar-refractivity contribution is 7.23. The molecule has 0 saturated heterocycles. The zero-order chi connectivity index (χ0) is 21.2. The minimum absolute atomic E-state index is 0.0583. The predicted molar refractivity (Wildman–Crippen MR) is 132 cm³/mol. The van der Waals surface area contributed by atoms with E-state index in [-0.39, 0.29) is 5.41 Å². The van der Waals surface area contributed by atoms with Crippen molar-refractivity contribution in [2.24, 2.45) is 0 Å². The van der Waals surface area contributed by atoms with Gasteiger partial charge in [0, 0.05) is 40.0 Å². The zero-order valence-electron chi connectivity index (χ0n) is 18.1. The third-order valence-corrected chi connectivity index (χ3v) is 7.74. The van der Waals surface area contributed by atoms with Crippen molar-refractivity contribution in [1.82, 2.24) is 9.97 Å². The number of pyridine rings is 2. The zero-order valence-corrected chi connectivity index (χ0v) is 18.9. The van der Waals surface area contributed by atoms with Crippen molar-refractivity contribution in [3.8, 4) is 21.7 Å². The Morgan fingerprint density at radius 1 is 0.903 bits per heavy atom. The molecule has 3 aromatic heterocycles. The van der Waals surface area contributed by atoms with Gasteiger partial charge in [0.05, 0.1) is 10.4 Å². The number of hydrogen-bond donors (Lipinski definition) is 0. The molecule has 0 atom stereocenters. The third-order valence-electron chi connectivity index (χ3n) is 6.45. The first kappa shape index (κ1) is 18.7. The molecule has 3 heterocycles. The van der Waals surface area contributed by atoms with Crippen LogP contribution in [-0.2, 0) is 18.3 Å². The summed E-state index contributed by atoms with van der Waals surface area (Å²) in [4.78, 5) is 10.7. The molecule has 1 aliphatic carbocycles. The molecule has 0 bridgehead atoms. The van der Waals surface area contributed by atoms with E-state index in [0.29, 0.717) is 0 Å². The Balaban J connectivity index is 1.64. The Labute approximate surface area is 186 Å². The Morgan fingerprint density at radius 2 is 1.77 bits per heavy atom. The van der Waals surface area contributed by atoms with Crippen molar-refractivity contribution in [1.29, 1.82) is 0 Å². The molecule has 2 nitrogen and oxygen atoms in total. The molecule has 1 aliphatic rings. The normalized spacial score (nSPS) is 13.4. The van der Waals surface area contributed by atoms with Gasteiger partial charge < -0.3 is 0 Å². The van der Waals surface area contributed by atoms with Gasteiger partial charge in [0.2, 0.25) is 0 Å². The number of thiophene rings is 1. The maximum absolute atomic E-state index is 4.90. The van der Waals surface area contributed by atoms with Gasteiger partial charge in [-0.15, -0.1) is 11.3 Å². The van der Waals surface area contributed by atoms with Gasteiger partial charge in [-0.2, -0.15) is 0 Å². The molecule has 3 heteroatoms. The average Bonchev–Trinajstić information content (AvgIpc) is 3.17. The molecule has 0 unspecified atom stereocenters. The van der Waals surface area contributed by atoms with Crippen molar-refractivity contribution < 1.29 is 0 Å². The molecule has 0 radical (unpaired) electrons. The Hall–Kier alpha value is -3.04. The summed E-state index contributed by atoms with van der Waals surface area (Å²) in [6.07, 6.45) is 8.09. The molecule has 0 spiro atoms. The number of aryl methyl sites for hydroxylation is 2. The lowest BCUT2D eigenvalue weighted by atomic mass is 9.82. The predicted octanol–water partition coefficient (Wildman–Crippen LogP) is 7.57.